The molecule has 28 heavy (non-hydrogen) atoms. The molecule has 1 N–H and O–H groups in total. The van der Waals surface area contributed by atoms with Crippen molar-refractivity contribution in [2.75, 3.05) is 0 Å². The van der Waals surface area contributed by atoms with E-state index in [0.29, 0.717) is 46.7 Å². The number of carbonyl (C=O) groups is 1. The van der Waals surface area contributed by atoms with Crippen LogP contribution in [0.5, 0.6) is 0 Å². The van der Waals surface area contributed by atoms with Crippen molar-refractivity contribution in [3.63, 3.8) is 0 Å². The van der Waals surface area contributed by atoms with E-state index in [1.807, 2.05) is 45.0 Å². The molecule has 0 spiro atoms. The zero-order valence-corrected chi connectivity index (χ0v) is 16.9. The van der Waals surface area contributed by atoms with Gasteiger partial charge in [-0.25, -0.2) is 9.97 Å². The molecule has 6 nitrogen and oxygen atoms in total. The Morgan fingerprint density at radius 1 is 1.21 bits per heavy atom. The summed E-state index contributed by atoms with van der Waals surface area (Å²) in [4.78, 5) is 26.2. The maximum atomic E-state index is 12.8. The molecule has 0 aromatic carbocycles. The van der Waals surface area contributed by atoms with Crippen LogP contribution in [0.2, 0.25) is 5.02 Å². The molecule has 0 bridgehead atoms. The summed E-state index contributed by atoms with van der Waals surface area (Å²) in [6.45, 7) is 6.21. The smallest absolute Gasteiger partial charge is 0.224 e. The molecule has 0 aliphatic heterocycles. The minimum Gasteiger partial charge on any atom is -0.467 e. The molecule has 0 fully saturated rings. The summed E-state index contributed by atoms with van der Waals surface area (Å²) in [7, 11) is 0. The fourth-order valence-electron chi connectivity index (χ4n) is 2.92. The molecular formula is C21H23ClN4O2. The molecule has 3 heterocycles. The highest BCUT2D eigenvalue weighted by Gasteiger charge is 2.25. The molecule has 7 heteroatoms. The Morgan fingerprint density at radius 3 is 2.68 bits per heavy atom. The predicted molar refractivity (Wildman–Crippen MR) is 108 cm³/mol. The van der Waals surface area contributed by atoms with Crippen molar-refractivity contribution >= 4 is 17.5 Å². The second-order valence-electron chi connectivity index (χ2n) is 6.96. The number of rotatable bonds is 7. The number of hydrogen-bond donors (Lipinski definition) is 1. The third-order valence-corrected chi connectivity index (χ3v) is 5.04. The quantitative estimate of drug-likeness (QED) is 0.644. The standard InChI is InChI=1S/C21H23ClN4O2/c1-13(2)16(21(27)24-12-15-7-6-10-28-15)11-18-19(22)14(3)25-20(26-18)17-8-4-5-9-23-17/h4-10,13,16H,11-12H2,1-3H3,(H,24,27). The zero-order valence-electron chi connectivity index (χ0n) is 16.1. The van der Waals surface area contributed by atoms with Gasteiger partial charge < -0.3 is 9.73 Å². The SMILES string of the molecule is Cc1nc(-c2ccccn2)nc(CC(C(=O)NCc2ccco2)C(C)C)c1Cl. The molecule has 0 aliphatic rings. The van der Waals surface area contributed by atoms with E-state index < -0.39 is 0 Å². The van der Waals surface area contributed by atoms with Crippen LogP contribution in [0, 0.1) is 18.8 Å². The van der Waals surface area contributed by atoms with E-state index in [1.165, 1.54) is 0 Å². The van der Waals surface area contributed by atoms with E-state index in [0.717, 1.165) is 0 Å². The number of carbonyl (C=O) groups excluding carboxylic acids is 1. The average molecular weight is 399 g/mol. The summed E-state index contributed by atoms with van der Waals surface area (Å²) in [6, 6.07) is 9.19. The van der Waals surface area contributed by atoms with Crippen LogP contribution in [-0.4, -0.2) is 20.9 Å². The predicted octanol–water partition coefficient (Wildman–Crippen LogP) is 4.22. The highest BCUT2D eigenvalue weighted by atomic mass is 35.5. The highest BCUT2D eigenvalue weighted by Crippen LogP contribution is 2.26. The number of amides is 1. The molecule has 3 rings (SSSR count). The van der Waals surface area contributed by atoms with Crippen LogP contribution in [0.3, 0.4) is 0 Å². The molecule has 0 saturated heterocycles. The van der Waals surface area contributed by atoms with Crippen molar-refractivity contribution in [3.05, 3.63) is 65.0 Å². The monoisotopic (exact) mass is 398 g/mol. The first kappa shape index (κ1) is 20.0. The zero-order chi connectivity index (χ0) is 20.1. The van der Waals surface area contributed by atoms with Gasteiger partial charge in [0, 0.05) is 18.5 Å². The lowest BCUT2D eigenvalue weighted by Crippen LogP contribution is -2.34. The number of furan rings is 1. The van der Waals surface area contributed by atoms with E-state index in [1.54, 1.807) is 18.5 Å². The Morgan fingerprint density at radius 2 is 2.04 bits per heavy atom. The molecule has 0 radical (unpaired) electrons. The normalized spacial score (nSPS) is 12.2. The Labute approximate surface area is 169 Å². The van der Waals surface area contributed by atoms with Crippen molar-refractivity contribution in [2.45, 2.75) is 33.7 Å². The fourth-order valence-corrected chi connectivity index (χ4v) is 3.08. The first-order valence-corrected chi connectivity index (χ1v) is 9.58. The molecule has 1 amide bonds. The summed E-state index contributed by atoms with van der Waals surface area (Å²) in [5, 5.41) is 3.43. The first-order chi connectivity index (χ1) is 13.5. The van der Waals surface area contributed by atoms with Crippen LogP contribution in [0.15, 0.2) is 47.2 Å². The van der Waals surface area contributed by atoms with Crippen molar-refractivity contribution < 1.29 is 9.21 Å². The van der Waals surface area contributed by atoms with Crippen LogP contribution in [0.25, 0.3) is 11.5 Å². The van der Waals surface area contributed by atoms with E-state index in [9.17, 15) is 4.79 Å². The lowest BCUT2D eigenvalue weighted by molar-refractivity contribution is -0.126. The first-order valence-electron chi connectivity index (χ1n) is 9.20. The molecule has 1 unspecified atom stereocenters. The minimum absolute atomic E-state index is 0.0573. The van der Waals surface area contributed by atoms with Crippen molar-refractivity contribution in [2.24, 2.45) is 11.8 Å². The van der Waals surface area contributed by atoms with Gasteiger partial charge in [0.2, 0.25) is 5.91 Å². The summed E-state index contributed by atoms with van der Waals surface area (Å²) in [5.74, 6) is 0.998. The number of halogens is 1. The summed E-state index contributed by atoms with van der Waals surface area (Å²) < 4.78 is 5.28. The van der Waals surface area contributed by atoms with Crippen LogP contribution < -0.4 is 5.32 Å². The van der Waals surface area contributed by atoms with Crippen molar-refractivity contribution in [3.8, 4) is 11.5 Å². The summed E-state index contributed by atoms with van der Waals surface area (Å²) in [6.07, 6.45) is 3.70. The number of nitrogens with one attached hydrogen (secondary N) is 1. The Bertz CT molecular complexity index is 927. The number of hydrogen-bond acceptors (Lipinski definition) is 5. The Kier molecular flexibility index (Phi) is 6.41. The largest absolute Gasteiger partial charge is 0.467 e. The Balaban J connectivity index is 1.82. The molecule has 3 aromatic rings. The van der Waals surface area contributed by atoms with Gasteiger partial charge in [-0.15, -0.1) is 0 Å². The maximum Gasteiger partial charge on any atom is 0.224 e. The molecule has 0 aliphatic carbocycles. The molecule has 146 valence electrons. The van der Waals surface area contributed by atoms with Gasteiger partial charge in [0.05, 0.1) is 29.2 Å². The van der Waals surface area contributed by atoms with Crippen molar-refractivity contribution in [1.82, 2.24) is 20.3 Å². The second-order valence-corrected chi connectivity index (χ2v) is 7.34. The van der Waals surface area contributed by atoms with Gasteiger partial charge in [0.15, 0.2) is 5.82 Å². The molecular weight excluding hydrogens is 376 g/mol. The second kappa shape index (κ2) is 8.97. The van der Waals surface area contributed by atoms with Gasteiger partial charge in [0.1, 0.15) is 11.5 Å². The van der Waals surface area contributed by atoms with Gasteiger partial charge in [-0.3, -0.25) is 9.78 Å². The average Bonchev–Trinajstić information content (AvgIpc) is 3.21. The molecule has 0 saturated carbocycles. The van der Waals surface area contributed by atoms with Crippen LogP contribution in [-0.2, 0) is 17.8 Å². The van der Waals surface area contributed by atoms with E-state index in [4.69, 9.17) is 16.0 Å². The number of aromatic nitrogens is 3. The molecule has 3 aromatic heterocycles. The topological polar surface area (TPSA) is 80.9 Å². The summed E-state index contributed by atoms with van der Waals surface area (Å²) >= 11 is 6.47. The minimum atomic E-state index is -0.279. The lowest BCUT2D eigenvalue weighted by atomic mass is 9.90. The third kappa shape index (κ3) is 4.75. The number of nitrogens with zero attached hydrogens (tertiary/aromatic N) is 3. The third-order valence-electron chi connectivity index (χ3n) is 4.55. The van der Waals surface area contributed by atoms with E-state index in [-0.39, 0.29) is 17.7 Å². The van der Waals surface area contributed by atoms with Gasteiger partial charge in [0.25, 0.3) is 0 Å². The van der Waals surface area contributed by atoms with Gasteiger partial charge in [-0.05, 0) is 37.1 Å². The lowest BCUT2D eigenvalue weighted by Gasteiger charge is -2.21. The summed E-state index contributed by atoms with van der Waals surface area (Å²) in [5.41, 5.74) is 2.00. The van der Waals surface area contributed by atoms with Crippen LogP contribution in [0.1, 0.15) is 31.0 Å². The van der Waals surface area contributed by atoms with Gasteiger partial charge >= 0.3 is 0 Å². The van der Waals surface area contributed by atoms with Crippen molar-refractivity contribution in [1.29, 1.82) is 0 Å². The van der Waals surface area contributed by atoms with Crippen LogP contribution in [0.4, 0.5) is 0 Å². The molecule has 1 atom stereocenters. The van der Waals surface area contributed by atoms with Crippen LogP contribution >= 0.6 is 11.6 Å². The fraction of sp³-hybridized carbons (Fsp3) is 0.333. The van der Waals surface area contributed by atoms with Gasteiger partial charge in [-0.2, -0.15) is 0 Å². The number of pyridine rings is 1. The Hall–Kier alpha value is -2.73. The maximum absolute atomic E-state index is 12.8. The number of aryl methyl sites for hydroxylation is 1. The van der Waals surface area contributed by atoms with E-state index in [2.05, 4.69) is 20.3 Å². The highest BCUT2D eigenvalue weighted by molar-refractivity contribution is 6.31. The van der Waals surface area contributed by atoms with E-state index >= 15 is 0 Å². The van der Waals surface area contributed by atoms with Gasteiger partial charge in [-0.1, -0.05) is 31.5 Å².